The maximum atomic E-state index is 5.14. The Morgan fingerprint density at radius 1 is 1.07 bits per heavy atom. The lowest BCUT2D eigenvalue weighted by atomic mass is 9.81. The highest BCUT2D eigenvalue weighted by Crippen LogP contribution is 2.43. The van der Waals surface area contributed by atoms with E-state index in [0.717, 1.165) is 17.3 Å². The van der Waals surface area contributed by atoms with E-state index in [1.165, 1.54) is 65.4 Å². The molecule has 1 aliphatic carbocycles. The van der Waals surface area contributed by atoms with E-state index in [1.54, 1.807) is 7.11 Å². The van der Waals surface area contributed by atoms with Crippen LogP contribution in [0.25, 0.3) is 22.2 Å². The van der Waals surface area contributed by atoms with Crippen molar-refractivity contribution in [2.24, 2.45) is 0 Å². The third kappa shape index (κ3) is 4.05. The van der Waals surface area contributed by atoms with Crippen LogP contribution in [0.5, 0.6) is 0 Å². The average molecular weight is 442 g/mol. The summed E-state index contributed by atoms with van der Waals surface area (Å²) in [5.74, 6) is 0.635. The zero-order valence-electron chi connectivity index (χ0n) is 16.5. The van der Waals surface area contributed by atoms with E-state index in [4.69, 9.17) is 9.78 Å². The number of hydrogen-bond donors (Lipinski definition) is 1. The first-order chi connectivity index (χ1) is 13.8. The van der Waals surface area contributed by atoms with E-state index < -0.39 is 0 Å². The van der Waals surface area contributed by atoms with Crippen LogP contribution < -0.4 is 0 Å². The van der Waals surface area contributed by atoms with Crippen LogP contribution in [0.3, 0.4) is 0 Å². The van der Waals surface area contributed by atoms with Gasteiger partial charge in [0.1, 0.15) is 6.61 Å². The van der Waals surface area contributed by atoms with E-state index in [2.05, 4.69) is 63.4 Å². The normalized spacial score (nSPS) is 15.4. The average Bonchev–Trinajstić information content (AvgIpc) is 3.12. The molecule has 1 heterocycles. The Morgan fingerprint density at radius 3 is 2.68 bits per heavy atom. The maximum Gasteiger partial charge on any atom is 0.107 e. The molecule has 0 aliphatic heterocycles. The van der Waals surface area contributed by atoms with Crippen molar-refractivity contribution in [1.82, 2.24) is 4.98 Å². The lowest BCUT2D eigenvalue weighted by Gasteiger charge is -2.23. The summed E-state index contributed by atoms with van der Waals surface area (Å²) in [6.45, 7) is 0.458. The maximum absolute atomic E-state index is 5.14. The number of halogens is 1. The zero-order valence-corrected chi connectivity index (χ0v) is 18.1. The van der Waals surface area contributed by atoms with Crippen LogP contribution in [0.2, 0.25) is 0 Å². The van der Waals surface area contributed by atoms with Gasteiger partial charge in [0, 0.05) is 21.8 Å². The molecular weight excluding hydrogens is 414 g/mol. The van der Waals surface area contributed by atoms with Crippen LogP contribution in [0.1, 0.15) is 54.7 Å². The number of aromatic amines is 1. The number of nitrogens with one attached hydrogen (secondary N) is 1. The van der Waals surface area contributed by atoms with Crippen molar-refractivity contribution in [3.63, 3.8) is 0 Å². The number of H-pyrrole nitrogens is 1. The number of benzene rings is 2. The van der Waals surface area contributed by atoms with Gasteiger partial charge in [-0.3, -0.25) is 0 Å². The van der Waals surface area contributed by atoms with Crippen LogP contribution in [0, 0.1) is 0 Å². The number of aryl methyl sites for hydroxylation is 1. The Morgan fingerprint density at radius 2 is 1.89 bits per heavy atom. The van der Waals surface area contributed by atoms with Crippen molar-refractivity contribution in [1.29, 1.82) is 0 Å². The second kappa shape index (κ2) is 9.25. The highest BCUT2D eigenvalue weighted by molar-refractivity contribution is 9.09. The molecule has 1 aromatic heterocycles. The first kappa shape index (κ1) is 19.7. The van der Waals surface area contributed by atoms with E-state index in [-0.39, 0.29) is 0 Å². The summed E-state index contributed by atoms with van der Waals surface area (Å²) in [4.78, 5) is 13.7. The predicted octanol–water partition coefficient (Wildman–Crippen LogP) is 6.90. The topological polar surface area (TPSA) is 34.2 Å². The number of hydrogen-bond acceptors (Lipinski definition) is 2. The highest BCUT2D eigenvalue weighted by atomic mass is 79.9. The molecule has 1 N–H and O–H groups in total. The number of alkyl halides is 1. The molecule has 148 valence electrons. The molecule has 3 aromatic rings. The Kier molecular flexibility index (Phi) is 6.50. The van der Waals surface area contributed by atoms with Crippen LogP contribution in [0.15, 0.2) is 42.5 Å². The van der Waals surface area contributed by atoms with Crippen molar-refractivity contribution in [3.05, 3.63) is 59.2 Å². The summed E-state index contributed by atoms with van der Waals surface area (Å²) < 4.78 is 0. The monoisotopic (exact) mass is 441 g/mol. The second-order valence-electron chi connectivity index (χ2n) is 7.65. The van der Waals surface area contributed by atoms with Gasteiger partial charge in [-0.25, -0.2) is 9.78 Å². The third-order valence-electron chi connectivity index (χ3n) is 5.91. The fraction of sp³-hybridized carbons (Fsp3) is 0.417. The second-order valence-corrected chi connectivity index (χ2v) is 8.45. The first-order valence-corrected chi connectivity index (χ1v) is 11.4. The molecule has 28 heavy (non-hydrogen) atoms. The minimum absolute atomic E-state index is 0.458. The number of aromatic nitrogens is 1. The van der Waals surface area contributed by atoms with Crippen molar-refractivity contribution >= 4 is 26.8 Å². The molecule has 1 aliphatic rings. The molecule has 4 heteroatoms. The molecule has 0 radical (unpaired) electrons. The van der Waals surface area contributed by atoms with Gasteiger partial charge < -0.3 is 4.98 Å². The van der Waals surface area contributed by atoms with Crippen LogP contribution in [-0.2, 0) is 22.8 Å². The lowest BCUT2D eigenvalue weighted by Crippen LogP contribution is -2.06. The molecule has 2 aromatic carbocycles. The predicted molar refractivity (Wildman–Crippen MR) is 119 cm³/mol. The zero-order chi connectivity index (χ0) is 19.3. The fourth-order valence-electron chi connectivity index (χ4n) is 4.59. The molecule has 0 bridgehead atoms. The van der Waals surface area contributed by atoms with E-state index in [1.807, 2.05) is 0 Å². The molecule has 4 rings (SSSR count). The van der Waals surface area contributed by atoms with E-state index in [0.29, 0.717) is 12.5 Å². The Labute approximate surface area is 175 Å². The first-order valence-electron chi connectivity index (χ1n) is 10.3. The SMILES string of the molecule is COOCc1ccc2c(C3CCCCC3)c(-c3ccccc3CCBr)[nH]c2c1. The minimum atomic E-state index is 0.458. The standard InChI is InChI=1S/C24H28BrNO2/c1-27-28-16-17-11-12-21-22(15-17)26-24(23(21)19-8-3-2-4-9-19)20-10-6-5-7-18(20)13-14-25/h5-7,10-12,15,19,26H,2-4,8-9,13-14,16H2,1H3. The van der Waals surface area contributed by atoms with Gasteiger partial charge in [0.25, 0.3) is 0 Å². The van der Waals surface area contributed by atoms with Gasteiger partial charge in [-0.1, -0.05) is 71.6 Å². The highest BCUT2D eigenvalue weighted by Gasteiger charge is 2.24. The van der Waals surface area contributed by atoms with Gasteiger partial charge in [-0.15, -0.1) is 0 Å². The molecule has 1 saturated carbocycles. The van der Waals surface area contributed by atoms with Gasteiger partial charge in [0.15, 0.2) is 0 Å². The molecule has 3 nitrogen and oxygen atoms in total. The lowest BCUT2D eigenvalue weighted by molar-refractivity contribution is -0.282. The van der Waals surface area contributed by atoms with Crippen LogP contribution >= 0.6 is 15.9 Å². The summed E-state index contributed by atoms with van der Waals surface area (Å²) >= 11 is 3.62. The Bertz CT molecular complexity index is 927. The Hall–Kier alpha value is -1.62. The van der Waals surface area contributed by atoms with Gasteiger partial charge in [-0.2, -0.15) is 0 Å². The fourth-order valence-corrected chi connectivity index (χ4v) is 5.02. The summed E-state index contributed by atoms with van der Waals surface area (Å²) in [6, 6.07) is 15.5. The summed E-state index contributed by atoms with van der Waals surface area (Å²) in [5.41, 5.74) is 7.87. The molecule has 0 saturated heterocycles. The third-order valence-corrected chi connectivity index (χ3v) is 6.31. The van der Waals surface area contributed by atoms with Crippen LogP contribution in [0.4, 0.5) is 0 Å². The van der Waals surface area contributed by atoms with Gasteiger partial charge in [-0.05, 0) is 47.9 Å². The van der Waals surface area contributed by atoms with Crippen molar-refractivity contribution < 1.29 is 9.78 Å². The van der Waals surface area contributed by atoms with E-state index >= 15 is 0 Å². The quantitative estimate of drug-likeness (QED) is 0.245. The summed E-state index contributed by atoms with van der Waals surface area (Å²) in [5, 5.41) is 2.33. The van der Waals surface area contributed by atoms with Gasteiger partial charge in [0.05, 0.1) is 12.8 Å². The van der Waals surface area contributed by atoms with Crippen molar-refractivity contribution in [2.45, 2.75) is 51.0 Å². The molecular formula is C24H28BrNO2. The van der Waals surface area contributed by atoms with Crippen molar-refractivity contribution in [3.8, 4) is 11.3 Å². The van der Waals surface area contributed by atoms with E-state index in [9.17, 15) is 0 Å². The van der Waals surface area contributed by atoms with Gasteiger partial charge in [0.2, 0.25) is 0 Å². The number of fused-ring (bicyclic) bond motifs is 1. The molecule has 1 fully saturated rings. The van der Waals surface area contributed by atoms with Crippen molar-refractivity contribution in [2.75, 3.05) is 12.4 Å². The summed E-state index contributed by atoms with van der Waals surface area (Å²) in [7, 11) is 1.55. The molecule has 0 unspecified atom stereocenters. The molecule has 0 amide bonds. The van der Waals surface area contributed by atoms with Crippen LogP contribution in [-0.4, -0.2) is 17.4 Å². The number of rotatable bonds is 7. The molecule has 0 atom stereocenters. The Balaban J connectivity index is 1.86. The molecule has 0 spiro atoms. The minimum Gasteiger partial charge on any atom is -0.354 e. The largest absolute Gasteiger partial charge is 0.354 e. The van der Waals surface area contributed by atoms with Gasteiger partial charge >= 0.3 is 0 Å². The smallest absolute Gasteiger partial charge is 0.107 e. The summed E-state index contributed by atoms with van der Waals surface area (Å²) in [6.07, 6.45) is 7.64.